The maximum atomic E-state index is 12.5. The summed E-state index contributed by atoms with van der Waals surface area (Å²) in [6, 6.07) is 7.37. The van der Waals surface area contributed by atoms with Crippen molar-refractivity contribution < 1.29 is 18.7 Å². The van der Waals surface area contributed by atoms with Gasteiger partial charge in [-0.15, -0.1) is 0 Å². The number of carbonyl (C=O) groups is 1. The summed E-state index contributed by atoms with van der Waals surface area (Å²) >= 11 is 6.03. The van der Waals surface area contributed by atoms with Gasteiger partial charge >= 0.3 is 0 Å². The predicted octanol–water partition coefficient (Wildman–Crippen LogP) is 3.58. The minimum Gasteiger partial charge on any atom is -0.471 e. The van der Waals surface area contributed by atoms with Gasteiger partial charge in [-0.3, -0.25) is 4.79 Å². The molecule has 1 unspecified atom stereocenters. The van der Waals surface area contributed by atoms with E-state index in [9.17, 15) is 4.79 Å². The summed E-state index contributed by atoms with van der Waals surface area (Å²) in [5.74, 6) is 0.511. The van der Waals surface area contributed by atoms with E-state index < -0.39 is 0 Å². The summed E-state index contributed by atoms with van der Waals surface area (Å²) in [5, 5.41) is 8.12. The van der Waals surface area contributed by atoms with E-state index in [1.165, 1.54) is 0 Å². The zero-order valence-corrected chi connectivity index (χ0v) is 17.8. The van der Waals surface area contributed by atoms with Crippen LogP contribution < -0.4 is 15.4 Å². The van der Waals surface area contributed by atoms with E-state index in [2.05, 4.69) is 25.6 Å². The van der Waals surface area contributed by atoms with Crippen molar-refractivity contribution in [2.75, 3.05) is 11.9 Å². The fourth-order valence-corrected chi connectivity index (χ4v) is 4.34. The molecule has 162 valence electrons. The van der Waals surface area contributed by atoms with Gasteiger partial charge in [-0.05, 0) is 36.7 Å². The Morgan fingerprint density at radius 2 is 2.09 bits per heavy atom. The van der Waals surface area contributed by atoms with Crippen molar-refractivity contribution in [2.24, 2.45) is 0 Å². The highest BCUT2D eigenvalue weighted by Crippen LogP contribution is 2.37. The van der Waals surface area contributed by atoms with Crippen LogP contribution in [0.25, 0.3) is 21.9 Å². The van der Waals surface area contributed by atoms with Gasteiger partial charge in [-0.2, -0.15) is 0 Å². The number of nitrogens with one attached hydrogen (secondary N) is 2. The number of hydrogen-bond acceptors (Lipinski definition) is 8. The van der Waals surface area contributed by atoms with Crippen LogP contribution in [-0.2, 0) is 24.6 Å². The van der Waals surface area contributed by atoms with Crippen LogP contribution in [-0.4, -0.2) is 33.4 Å². The Morgan fingerprint density at radius 1 is 1.19 bits per heavy atom. The number of furan rings is 1. The molecule has 0 bridgehead atoms. The molecule has 32 heavy (non-hydrogen) atoms. The smallest absolute Gasteiger partial charge is 0.289 e. The van der Waals surface area contributed by atoms with Gasteiger partial charge in [0.1, 0.15) is 12.2 Å². The van der Waals surface area contributed by atoms with Gasteiger partial charge < -0.3 is 24.5 Å². The molecule has 0 fully saturated rings. The maximum Gasteiger partial charge on any atom is 0.289 e. The number of halogens is 1. The third kappa shape index (κ3) is 3.12. The molecule has 2 N–H and O–H groups in total. The number of aromatic nitrogens is 3. The van der Waals surface area contributed by atoms with Crippen LogP contribution in [0, 0.1) is 0 Å². The number of amides is 1. The fourth-order valence-electron chi connectivity index (χ4n) is 4.13. The molecule has 9 nitrogen and oxygen atoms in total. The topological polar surface area (TPSA) is 111 Å². The number of rotatable bonds is 3. The molecule has 1 amide bonds. The first-order valence-corrected chi connectivity index (χ1v) is 10.6. The second kappa shape index (κ2) is 7.32. The number of fused-ring (bicyclic) bond motifs is 6. The van der Waals surface area contributed by atoms with Crippen LogP contribution in [0.2, 0.25) is 5.28 Å². The van der Waals surface area contributed by atoms with E-state index in [-0.39, 0.29) is 29.6 Å². The van der Waals surface area contributed by atoms with Gasteiger partial charge in [0, 0.05) is 29.6 Å². The molecule has 0 aliphatic carbocycles. The van der Waals surface area contributed by atoms with E-state index in [1.807, 2.05) is 25.1 Å². The van der Waals surface area contributed by atoms with E-state index in [4.69, 9.17) is 25.5 Å². The van der Waals surface area contributed by atoms with Crippen molar-refractivity contribution in [3.05, 3.63) is 52.3 Å². The lowest BCUT2D eigenvalue weighted by Crippen LogP contribution is -2.34. The first kappa shape index (κ1) is 19.3. The Balaban J connectivity index is 1.35. The SMILES string of the molecule is CC1CNc2c(oc3ccc4nc(OCc5nc(Cl)nc6c5COC6)ccc4c23)C(=O)N1. The quantitative estimate of drug-likeness (QED) is 0.455. The second-order valence-corrected chi connectivity index (χ2v) is 8.20. The Bertz CT molecular complexity index is 1400. The highest BCUT2D eigenvalue weighted by Gasteiger charge is 2.26. The number of hydrogen-bond donors (Lipinski definition) is 2. The summed E-state index contributed by atoms with van der Waals surface area (Å²) < 4.78 is 17.2. The van der Waals surface area contributed by atoms with Crippen molar-refractivity contribution in [3.8, 4) is 5.88 Å². The number of nitrogens with zero attached hydrogens (tertiary/aromatic N) is 3. The third-order valence-corrected chi connectivity index (χ3v) is 5.83. The first-order valence-electron chi connectivity index (χ1n) is 10.2. The molecular weight excluding hydrogens is 434 g/mol. The minimum atomic E-state index is -0.227. The summed E-state index contributed by atoms with van der Waals surface area (Å²) in [4.78, 5) is 25.6. The van der Waals surface area contributed by atoms with Crippen molar-refractivity contribution in [1.82, 2.24) is 20.3 Å². The Labute approximate surface area is 187 Å². The summed E-state index contributed by atoms with van der Waals surface area (Å²) in [7, 11) is 0. The molecule has 0 spiro atoms. The average molecular weight is 452 g/mol. The Kier molecular flexibility index (Phi) is 4.41. The molecule has 2 aliphatic rings. The van der Waals surface area contributed by atoms with E-state index >= 15 is 0 Å². The molecule has 0 saturated heterocycles. The average Bonchev–Trinajstić information content (AvgIpc) is 3.37. The van der Waals surface area contributed by atoms with Gasteiger partial charge in [-0.1, -0.05) is 0 Å². The predicted molar refractivity (Wildman–Crippen MR) is 117 cm³/mol. The zero-order valence-electron chi connectivity index (χ0n) is 17.1. The monoisotopic (exact) mass is 451 g/mol. The lowest BCUT2D eigenvalue weighted by atomic mass is 10.1. The lowest BCUT2D eigenvalue weighted by Gasteiger charge is -2.10. The Morgan fingerprint density at radius 3 is 3.00 bits per heavy atom. The fraction of sp³-hybridized carbons (Fsp3) is 0.273. The number of pyridine rings is 1. The van der Waals surface area contributed by atoms with E-state index in [1.54, 1.807) is 6.07 Å². The van der Waals surface area contributed by atoms with E-state index in [0.717, 1.165) is 27.5 Å². The minimum absolute atomic E-state index is 0.00426. The van der Waals surface area contributed by atoms with Crippen LogP contribution in [0.3, 0.4) is 0 Å². The normalized spacial score (nSPS) is 17.6. The molecule has 5 heterocycles. The summed E-state index contributed by atoms with van der Waals surface area (Å²) in [5.41, 5.74) is 4.45. The number of anilines is 1. The number of benzene rings is 1. The van der Waals surface area contributed by atoms with Gasteiger partial charge in [-0.25, -0.2) is 15.0 Å². The second-order valence-electron chi connectivity index (χ2n) is 7.86. The third-order valence-electron chi connectivity index (χ3n) is 5.66. The highest BCUT2D eigenvalue weighted by molar-refractivity contribution is 6.28. The molecular formula is C22H18ClN5O4. The molecule has 10 heteroatoms. The van der Waals surface area contributed by atoms with Crippen molar-refractivity contribution >= 4 is 45.1 Å². The summed E-state index contributed by atoms with van der Waals surface area (Å²) in [6.45, 7) is 3.62. The van der Waals surface area contributed by atoms with Crippen LogP contribution in [0.5, 0.6) is 5.88 Å². The van der Waals surface area contributed by atoms with Crippen molar-refractivity contribution in [2.45, 2.75) is 32.8 Å². The number of ether oxygens (including phenoxy) is 2. The maximum absolute atomic E-state index is 12.5. The van der Waals surface area contributed by atoms with Crippen molar-refractivity contribution in [3.63, 3.8) is 0 Å². The molecule has 0 saturated carbocycles. The van der Waals surface area contributed by atoms with Crippen LogP contribution in [0.4, 0.5) is 5.69 Å². The molecule has 2 aliphatic heterocycles. The standard InChI is InChI=1S/C22H18ClN5O4/c1-10-6-24-19-18-11-2-5-17(26-13(11)3-4-16(18)32-20(19)21(29)25-10)31-9-15-12-7-30-8-14(12)27-22(23)28-15/h2-5,10,24H,6-9H2,1H3,(H,25,29). The van der Waals surface area contributed by atoms with Gasteiger partial charge in [0.2, 0.25) is 16.9 Å². The van der Waals surface area contributed by atoms with Crippen LogP contribution in [0.1, 0.15) is 34.4 Å². The molecule has 1 aromatic carbocycles. The molecule has 1 atom stereocenters. The molecule has 6 rings (SSSR count). The molecule has 4 aromatic rings. The summed E-state index contributed by atoms with van der Waals surface area (Å²) in [6.07, 6.45) is 0. The first-order chi connectivity index (χ1) is 15.6. The molecule has 3 aromatic heterocycles. The van der Waals surface area contributed by atoms with Crippen molar-refractivity contribution in [1.29, 1.82) is 0 Å². The Hall–Kier alpha value is -3.43. The van der Waals surface area contributed by atoms with Crippen LogP contribution >= 0.6 is 11.6 Å². The highest BCUT2D eigenvalue weighted by atomic mass is 35.5. The van der Waals surface area contributed by atoms with E-state index in [0.29, 0.717) is 42.6 Å². The van der Waals surface area contributed by atoms with Gasteiger partial charge in [0.05, 0.1) is 41.2 Å². The zero-order chi connectivity index (χ0) is 21.8. The molecule has 0 radical (unpaired) electrons. The lowest BCUT2D eigenvalue weighted by molar-refractivity contribution is 0.0920. The number of carbonyl (C=O) groups excluding carboxylic acids is 1. The largest absolute Gasteiger partial charge is 0.471 e. The van der Waals surface area contributed by atoms with Crippen LogP contribution in [0.15, 0.2) is 28.7 Å². The van der Waals surface area contributed by atoms with Gasteiger partial charge in [0.15, 0.2) is 0 Å². The van der Waals surface area contributed by atoms with Gasteiger partial charge in [0.25, 0.3) is 5.91 Å².